The molecule has 0 spiro atoms. The Morgan fingerprint density at radius 1 is 1.43 bits per heavy atom. The van der Waals surface area contributed by atoms with Gasteiger partial charge in [0.25, 0.3) is 0 Å². The second kappa shape index (κ2) is 3.62. The van der Waals surface area contributed by atoms with E-state index >= 15 is 0 Å². The molecule has 0 heterocycles. The van der Waals surface area contributed by atoms with E-state index in [1.807, 2.05) is 18.2 Å². The van der Waals surface area contributed by atoms with Gasteiger partial charge in [-0.2, -0.15) is 0 Å². The van der Waals surface area contributed by atoms with Crippen molar-refractivity contribution in [2.45, 2.75) is 32.4 Å². The smallest absolute Gasteiger partial charge is 0.120 e. The van der Waals surface area contributed by atoms with Crippen LogP contribution in [-0.2, 0) is 0 Å². The SMILES string of the molecule is CC(NC1CC1C)c1ccccc1O. The molecule has 0 aromatic heterocycles. The van der Waals surface area contributed by atoms with Crippen LogP contribution in [0.3, 0.4) is 0 Å². The lowest BCUT2D eigenvalue weighted by Gasteiger charge is -2.15. The number of rotatable bonds is 3. The molecule has 3 unspecified atom stereocenters. The maximum Gasteiger partial charge on any atom is 0.120 e. The fourth-order valence-electron chi connectivity index (χ4n) is 1.82. The summed E-state index contributed by atoms with van der Waals surface area (Å²) >= 11 is 0. The van der Waals surface area contributed by atoms with Gasteiger partial charge >= 0.3 is 0 Å². The van der Waals surface area contributed by atoms with Gasteiger partial charge in [0.15, 0.2) is 0 Å². The monoisotopic (exact) mass is 191 g/mol. The first-order chi connectivity index (χ1) is 6.68. The summed E-state index contributed by atoms with van der Waals surface area (Å²) in [5.74, 6) is 1.18. The second-order valence-electron chi connectivity index (χ2n) is 4.27. The molecule has 0 aliphatic heterocycles. The van der Waals surface area contributed by atoms with Crippen LogP contribution in [0.25, 0.3) is 0 Å². The number of nitrogens with one attached hydrogen (secondary N) is 1. The van der Waals surface area contributed by atoms with Gasteiger partial charge in [-0.25, -0.2) is 0 Å². The summed E-state index contributed by atoms with van der Waals surface area (Å²) in [5, 5.41) is 13.1. The molecule has 0 bridgehead atoms. The maximum atomic E-state index is 9.64. The first-order valence-corrected chi connectivity index (χ1v) is 5.22. The molecule has 2 N–H and O–H groups in total. The van der Waals surface area contributed by atoms with Crippen molar-refractivity contribution in [1.29, 1.82) is 0 Å². The molecule has 0 radical (unpaired) electrons. The Morgan fingerprint density at radius 3 is 2.64 bits per heavy atom. The van der Waals surface area contributed by atoms with E-state index in [-0.39, 0.29) is 6.04 Å². The van der Waals surface area contributed by atoms with Crippen LogP contribution in [0.2, 0.25) is 0 Å². The molecule has 1 aromatic rings. The molecule has 14 heavy (non-hydrogen) atoms. The highest BCUT2D eigenvalue weighted by atomic mass is 16.3. The van der Waals surface area contributed by atoms with Crippen LogP contribution in [0.1, 0.15) is 31.9 Å². The Hall–Kier alpha value is -1.02. The van der Waals surface area contributed by atoms with E-state index in [9.17, 15) is 5.11 Å². The van der Waals surface area contributed by atoms with Crippen LogP contribution in [0.4, 0.5) is 0 Å². The maximum absolute atomic E-state index is 9.64. The van der Waals surface area contributed by atoms with E-state index in [4.69, 9.17) is 0 Å². The molecule has 1 aliphatic rings. The number of para-hydroxylation sites is 1. The van der Waals surface area contributed by atoms with Crippen molar-refractivity contribution in [3.63, 3.8) is 0 Å². The van der Waals surface area contributed by atoms with Gasteiger partial charge < -0.3 is 10.4 Å². The van der Waals surface area contributed by atoms with Crippen LogP contribution in [0.15, 0.2) is 24.3 Å². The van der Waals surface area contributed by atoms with Crippen molar-refractivity contribution in [1.82, 2.24) is 5.32 Å². The number of benzene rings is 1. The van der Waals surface area contributed by atoms with Crippen LogP contribution in [0.5, 0.6) is 5.75 Å². The van der Waals surface area contributed by atoms with Crippen molar-refractivity contribution in [2.24, 2.45) is 5.92 Å². The van der Waals surface area contributed by atoms with Crippen LogP contribution in [0, 0.1) is 5.92 Å². The Labute approximate surface area is 85.0 Å². The fraction of sp³-hybridized carbons (Fsp3) is 0.500. The highest BCUT2D eigenvalue weighted by molar-refractivity contribution is 5.34. The van der Waals surface area contributed by atoms with Gasteiger partial charge in [-0.3, -0.25) is 0 Å². The Balaban J connectivity index is 2.03. The Bertz CT molecular complexity index is 324. The second-order valence-corrected chi connectivity index (χ2v) is 4.27. The zero-order chi connectivity index (χ0) is 10.1. The quantitative estimate of drug-likeness (QED) is 0.769. The van der Waals surface area contributed by atoms with Crippen LogP contribution in [-0.4, -0.2) is 11.1 Å². The summed E-state index contributed by atoms with van der Waals surface area (Å²) in [4.78, 5) is 0. The molecular formula is C12H17NO. The van der Waals surface area contributed by atoms with Gasteiger partial charge in [-0.05, 0) is 25.3 Å². The summed E-state index contributed by atoms with van der Waals surface area (Å²) in [5.41, 5.74) is 0.992. The molecule has 76 valence electrons. The van der Waals surface area contributed by atoms with E-state index in [1.54, 1.807) is 6.07 Å². The van der Waals surface area contributed by atoms with E-state index in [0.29, 0.717) is 11.8 Å². The molecule has 1 aromatic carbocycles. The molecule has 2 heteroatoms. The average molecular weight is 191 g/mol. The lowest BCUT2D eigenvalue weighted by molar-refractivity contribution is 0.450. The predicted molar refractivity (Wildman–Crippen MR) is 57.2 cm³/mol. The number of phenols is 1. The van der Waals surface area contributed by atoms with Gasteiger partial charge in [-0.15, -0.1) is 0 Å². The zero-order valence-electron chi connectivity index (χ0n) is 8.70. The van der Waals surface area contributed by atoms with Crippen LogP contribution >= 0.6 is 0 Å². The van der Waals surface area contributed by atoms with Crippen molar-refractivity contribution < 1.29 is 5.11 Å². The third kappa shape index (κ3) is 1.90. The summed E-state index contributed by atoms with van der Waals surface area (Å²) < 4.78 is 0. The first-order valence-electron chi connectivity index (χ1n) is 5.22. The van der Waals surface area contributed by atoms with Crippen molar-refractivity contribution in [2.75, 3.05) is 0 Å². The number of hydrogen-bond donors (Lipinski definition) is 2. The standard InChI is InChI=1S/C12H17NO/c1-8-7-11(8)13-9(2)10-5-3-4-6-12(10)14/h3-6,8-9,11,13-14H,7H2,1-2H3. The van der Waals surface area contributed by atoms with Gasteiger partial charge in [0.05, 0.1) is 0 Å². The summed E-state index contributed by atoms with van der Waals surface area (Å²) in [7, 11) is 0. The largest absolute Gasteiger partial charge is 0.508 e. The summed E-state index contributed by atoms with van der Waals surface area (Å²) in [6.07, 6.45) is 1.26. The first kappa shape index (κ1) is 9.53. The molecule has 2 nitrogen and oxygen atoms in total. The Kier molecular flexibility index (Phi) is 2.46. The Morgan fingerprint density at radius 2 is 2.07 bits per heavy atom. The highest BCUT2D eigenvalue weighted by Gasteiger charge is 2.33. The molecule has 2 rings (SSSR count). The van der Waals surface area contributed by atoms with E-state index in [2.05, 4.69) is 19.2 Å². The normalized spacial score (nSPS) is 27.3. The minimum absolute atomic E-state index is 0.242. The fourth-order valence-corrected chi connectivity index (χ4v) is 1.82. The number of hydrogen-bond acceptors (Lipinski definition) is 2. The van der Waals surface area contributed by atoms with Crippen LogP contribution < -0.4 is 5.32 Å². The van der Waals surface area contributed by atoms with E-state index in [0.717, 1.165) is 11.5 Å². The summed E-state index contributed by atoms with van der Waals surface area (Å²) in [6, 6.07) is 8.41. The van der Waals surface area contributed by atoms with Crippen molar-refractivity contribution >= 4 is 0 Å². The molecule has 3 atom stereocenters. The predicted octanol–water partition coefficient (Wildman–Crippen LogP) is 2.45. The summed E-state index contributed by atoms with van der Waals surface area (Å²) in [6.45, 7) is 4.34. The molecule has 1 saturated carbocycles. The van der Waals surface area contributed by atoms with Gasteiger partial charge in [0.2, 0.25) is 0 Å². The number of phenolic OH excluding ortho intramolecular Hbond substituents is 1. The van der Waals surface area contributed by atoms with Gasteiger partial charge in [-0.1, -0.05) is 25.1 Å². The van der Waals surface area contributed by atoms with E-state index in [1.165, 1.54) is 6.42 Å². The van der Waals surface area contributed by atoms with Crippen molar-refractivity contribution in [3.05, 3.63) is 29.8 Å². The van der Waals surface area contributed by atoms with E-state index < -0.39 is 0 Å². The minimum atomic E-state index is 0.242. The minimum Gasteiger partial charge on any atom is -0.508 e. The van der Waals surface area contributed by atoms with Gasteiger partial charge in [0.1, 0.15) is 5.75 Å². The molecule has 1 fully saturated rings. The third-order valence-electron chi connectivity index (χ3n) is 2.98. The average Bonchev–Trinajstić information content (AvgIpc) is 2.82. The zero-order valence-corrected chi connectivity index (χ0v) is 8.70. The van der Waals surface area contributed by atoms with Gasteiger partial charge in [0, 0.05) is 17.6 Å². The lowest BCUT2D eigenvalue weighted by atomic mass is 10.1. The highest BCUT2D eigenvalue weighted by Crippen LogP contribution is 2.33. The topological polar surface area (TPSA) is 32.3 Å². The third-order valence-corrected chi connectivity index (χ3v) is 2.98. The lowest BCUT2D eigenvalue weighted by Crippen LogP contribution is -2.22. The number of aromatic hydroxyl groups is 1. The molecule has 0 saturated heterocycles. The molecule has 0 amide bonds. The molecular weight excluding hydrogens is 174 g/mol. The molecule has 1 aliphatic carbocycles. The van der Waals surface area contributed by atoms with Crippen molar-refractivity contribution in [3.8, 4) is 5.75 Å².